The Labute approximate surface area is 181 Å². The summed E-state index contributed by atoms with van der Waals surface area (Å²) in [6, 6.07) is 9.73. The number of esters is 1. The van der Waals surface area contributed by atoms with Gasteiger partial charge in [-0.2, -0.15) is 0 Å². The second kappa shape index (κ2) is 8.52. The zero-order valence-corrected chi connectivity index (χ0v) is 17.6. The highest BCUT2D eigenvalue weighted by molar-refractivity contribution is 5.96. The summed E-state index contributed by atoms with van der Waals surface area (Å²) in [6.07, 6.45) is -4.68. The van der Waals surface area contributed by atoms with E-state index < -0.39 is 29.5 Å². The van der Waals surface area contributed by atoms with E-state index in [2.05, 4.69) is 9.72 Å². The van der Waals surface area contributed by atoms with Gasteiger partial charge in [0.15, 0.2) is 0 Å². The molecule has 0 atom stereocenters. The molecule has 0 aliphatic rings. The van der Waals surface area contributed by atoms with Crippen LogP contribution in [0.4, 0.5) is 13.2 Å². The maximum Gasteiger partial charge on any atom is 0.573 e. The molecule has 1 N–H and O–H groups in total. The lowest BCUT2D eigenvalue weighted by Crippen LogP contribution is -2.29. The van der Waals surface area contributed by atoms with Crippen molar-refractivity contribution in [2.24, 2.45) is 5.41 Å². The minimum absolute atomic E-state index is 0.179. The third-order valence-corrected chi connectivity index (χ3v) is 4.70. The maximum absolute atomic E-state index is 12.7. The number of carbonyl (C=O) groups excluding carboxylic acids is 1. The molecule has 0 radical (unpaired) electrons. The Morgan fingerprint density at radius 1 is 1.12 bits per heavy atom. The van der Waals surface area contributed by atoms with Crippen molar-refractivity contribution in [3.05, 3.63) is 53.9 Å². The third-order valence-electron chi connectivity index (χ3n) is 4.70. The topological polar surface area (TPSA) is 90.7 Å². The minimum atomic E-state index is -4.89. The predicted molar refractivity (Wildman–Crippen MR) is 109 cm³/mol. The first-order valence-electron chi connectivity index (χ1n) is 9.69. The molecule has 3 aromatic rings. The van der Waals surface area contributed by atoms with Crippen LogP contribution in [0.5, 0.6) is 5.75 Å². The van der Waals surface area contributed by atoms with E-state index in [1.165, 1.54) is 22.8 Å². The molecule has 0 amide bonds. The largest absolute Gasteiger partial charge is 0.573 e. The van der Waals surface area contributed by atoms with Crippen LogP contribution in [0.3, 0.4) is 0 Å². The van der Waals surface area contributed by atoms with Crippen molar-refractivity contribution >= 4 is 22.8 Å². The number of aromatic nitrogens is 2. The number of alkyl halides is 3. The molecule has 0 aliphatic heterocycles. The summed E-state index contributed by atoms with van der Waals surface area (Å²) in [5.74, 6) is -1.99. The normalized spacial score (nSPS) is 12.1. The van der Waals surface area contributed by atoms with Gasteiger partial charge in [0.2, 0.25) is 0 Å². The number of carboxylic acids is 1. The van der Waals surface area contributed by atoms with Gasteiger partial charge in [-0.05, 0) is 51.1 Å². The van der Waals surface area contributed by atoms with E-state index in [-0.39, 0.29) is 30.1 Å². The molecule has 3 rings (SSSR count). The number of ether oxygens (including phenoxy) is 2. The summed E-state index contributed by atoms with van der Waals surface area (Å²) in [4.78, 5) is 28.5. The Morgan fingerprint density at radius 3 is 2.47 bits per heavy atom. The van der Waals surface area contributed by atoms with Crippen LogP contribution in [-0.4, -0.2) is 39.6 Å². The van der Waals surface area contributed by atoms with Gasteiger partial charge < -0.3 is 14.6 Å². The van der Waals surface area contributed by atoms with Crippen molar-refractivity contribution in [3.8, 4) is 11.6 Å². The number of halogens is 3. The number of aromatic carboxylic acids is 1. The molecule has 7 nitrogen and oxygen atoms in total. The zero-order chi connectivity index (χ0) is 23.7. The van der Waals surface area contributed by atoms with Gasteiger partial charge in [-0.15, -0.1) is 13.2 Å². The van der Waals surface area contributed by atoms with Gasteiger partial charge in [0.25, 0.3) is 0 Å². The SMILES string of the molecule is CCOC(=O)C(C)(C)Cc1cccc(-n2c(C(=O)O)cc3ccc(OC(F)(F)F)cc32)n1. The molecule has 10 heteroatoms. The van der Waals surface area contributed by atoms with Crippen LogP contribution in [0.25, 0.3) is 16.7 Å². The van der Waals surface area contributed by atoms with Crippen LogP contribution in [0.15, 0.2) is 42.5 Å². The first-order valence-corrected chi connectivity index (χ1v) is 9.69. The van der Waals surface area contributed by atoms with E-state index >= 15 is 0 Å². The van der Waals surface area contributed by atoms with Crippen LogP contribution in [0.2, 0.25) is 0 Å². The lowest BCUT2D eigenvalue weighted by molar-refractivity contribution is -0.274. The quantitative estimate of drug-likeness (QED) is 0.523. The Bertz CT molecular complexity index is 1170. The van der Waals surface area contributed by atoms with Crippen molar-refractivity contribution < 1.29 is 37.3 Å². The number of pyridine rings is 1. The smallest absolute Gasteiger partial charge is 0.477 e. The lowest BCUT2D eigenvalue weighted by atomic mass is 9.88. The summed E-state index contributed by atoms with van der Waals surface area (Å²) in [6.45, 7) is 5.34. The number of hydrogen-bond donors (Lipinski definition) is 1. The number of nitrogens with zero attached hydrogens (tertiary/aromatic N) is 2. The fraction of sp³-hybridized carbons (Fsp3) is 0.318. The molecule has 0 bridgehead atoms. The zero-order valence-electron chi connectivity index (χ0n) is 17.6. The van der Waals surface area contributed by atoms with Gasteiger partial charge in [0.05, 0.1) is 17.5 Å². The lowest BCUT2D eigenvalue weighted by Gasteiger charge is -2.22. The van der Waals surface area contributed by atoms with Gasteiger partial charge in [-0.25, -0.2) is 9.78 Å². The number of hydrogen-bond acceptors (Lipinski definition) is 5. The van der Waals surface area contributed by atoms with E-state index in [4.69, 9.17) is 4.74 Å². The summed E-state index contributed by atoms with van der Waals surface area (Å²) in [5.41, 5.74) is -0.401. The fourth-order valence-corrected chi connectivity index (χ4v) is 3.32. The van der Waals surface area contributed by atoms with Gasteiger partial charge in [-0.1, -0.05) is 6.07 Å². The molecular weight excluding hydrogens is 429 g/mol. The van der Waals surface area contributed by atoms with Crippen LogP contribution in [-0.2, 0) is 16.0 Å². The molecule has 32 heavy (non-hydrogen) atoms. The Hall–Kier alpha value is -3.56. The molecule has 0 unspecified atom stereocenters. The van der Waals surface area contributed by atoms with Crippen molar-refractivity contribution in [1.82, 2.24) is 9.55 Å². The first-order chi connectivity index (χ1) is 14.9. The third kappa shape index (κ3) is 5.01. The van der Waals surface area contributed by atoms with Gasteiger partial charge in [0.1, 0.15) is 17.3 Å². The molecule has 2 heterocycles. The van der Waals surface area contributed by atoms with Gasteiger partial charge in [-0.3, -0.25) is 9.36 Å². The van der Waals surface area contributed by atoms with Crippen LogP contribution in [0.1, 0.15) is 37.0 Å². The Kier molecular flexibility index (Phi) is 6.16. The second-order valence-electron chi connectivity index (χ2n) is 7.71. The van der Waals surface area contributed by atoms with Crippen molar-refractivity contribution in [2.75, 3.05) is 6.61 Å². The number of fused-ring (bicyclic) bond motifs is 1. The van der Waals surface area contributed by atoms with E-state index in [0.717, 1.165) is 12.1 Å². The molecule has 0 spiro atoms. The maximum atomic E-state index is 12.7. The fourth-order valence-electron chi connectivity index (χ4n) is 3.32. The number of carbonyl (C=O) groups is 2. The minimum Gasteiger partial charge on any atom is -0.477 e. The van der Waals surface area contributed by atoms with Gasteiger partial charge in [0, 0.05) is 23.6 Å². The Morgan fingerprint density at radius 2 is 1.84 bits per heavy atom. The Balaban J connectivity index is 2.09. The van der Waals surface area contributed by atoms with Crippen molar-refractivity contribution in [3.63, 3.8) is 0 Å². The monoisotopic (exact) mass is 450 g/mol. The van der Waals surface area contributed by atoms with Gasteiger partial charge >= 0.3 is 18.3 Å². The summed E-state index contributed by atoms with van der Waals surface area (Å²) in [5, 5.41) is 10.0. The van der Waals surface area contributed by atoms with Crippen LogP contribution < -0.4 is 4.74 Å². The predicted octanol–water partition coefficient (Wildman–Crippen LogP) is 4.75. The highest BCUT2D eigenvalue weighted by Gasteiger charge is 2.32. The first kappa shape index (κ1) is 23.1. The summed E-state index contributed by atoms with van der Waals surface area (Å²) in [7, 11) is 0. The van der Waals surface area contributed by atoms with E-state index in [0.29, 0.717) is 11.1 Å². The summed E-state index contributed by atoms with van der Waals surface area (Å²) >= 11 is 0. The second-order valence-corrected chi connectivity index (χ2v) is 7.71. The molecule has 0 saturated carbocycles. The molecule has 2 aromatic heterocycles. The molecule has 0 fully saturated rings. The van der Waals surface area contributed by atoms with Crippen molar-refractivity contribution in [2.45, 2.75) is 33.6 Å². The molecule has 1 aromatic carbocycles. The van der Waals surface area contributed by atoms with E-state index in [9.17, 15) is 27.9 Å². The highest BCUT2D eigenvalue weighted by Crippen LogP contribution is 2.31. The van der Waals surface area contributed by atoms with Crippen LogP contribution >= 0.6 is 0 Å². The molecular formula is C22H21F3N2O5. The number of carboxylic acid groups (broad SMARTS) is 1. The molecule has 170 valence electrons. The average molecular weight is 450 g/mol. The highest BCUT2D eigenvalue weighted by atomic mass is 19.4. The molecule has 0 aliphatic carbocycles. The number of benzene rings is 1. The van der Waals surface area contributed by atoms with E-state index in [1.54, 1.807) is 32.9 Å². The average Bonchev–Trinajstić information content (AvgIpc) is 3.06. The van der Waals surface area contributed by atoms with Crippen LogP contribution in [0, 0.1) is 5.41 Å². The summed E-state index contributed by atoms with van der Waals surface area (Å²) < 4.78 is 48.3. The standard InChI is InChI=1S/C22H21F3N2O5/c1-4-31-20(30)21(2,3)12-14-6-5-7-18(26-14)27-16-11-15(32-22(23,24)25)9-8-13(16)10-17(27)19(28)29/h5-11H,4,12H2,1-3H3,(H,28,29). The van der Waals surface area contributed by atoms with Crippen molar-refractivity contribution in [1.29, 1.82) is 0 Å². The van der Waals surface area contributed by atoms with E-state index in [1.807, 2.05) is 0 Å². The number of rotatable bonds is 7. The molecule has 0 saturated heterocycles.